The fourth-order valence-corrected chi connectivity index (χ4v) is 3.49. The summed E-state index contributed by atoms with van der Waals surface area (Å²) >= 11 is 11.8. The summed E-state index contributed by atoms with van der Waals surface area (Å²) in [6.07, 6.45) is 0.811. The van der Waals surface area contributed by atoms with Crippen molar-refractivity contribution < 1.29 is 18.1 Å². The second-order valence-corrected chi connectivity index (χ2v) is 7.21. The molecule has 1 aliphatic heterocycles. The van der Waals surface area contributed by atoms with Gasteiger partial charge in [0.25, 0.3) is 0 Å². The average Bonchev–Trinajstić information content (AvgIpc) is 3.27. The van der Waals surface area contributed by atoms with E-state index < -0.39 is 17.7 Å². The zero-order valence-electron chi connectivity index (χ0n) is 14.3. The molecule has 0 spiro atoms. The van der Waals surface area contributed by atoms with Crippen molar-refractivity contribution in [2.75, 3.05) is 0 Å². The molecule has 3 aromatic rings. The molecule has 9 heteroatoms. The Morgan fingerprint density at radius 3 is 2.71 bits per heavy atom. The molecule has 1 saturated heterocycles. The highest BCUT2D eigenvalue weighted by molar-refractivity contribution is 6.31. The summed E-state index contributed by atoms with van der Waals surface area (Å²) in [5.74, 6) is -0.689. The molecule has 1 aliphatic rings. The van der Waals surface area contributed by atoms with Gasteiger partial charge in [0.2, 0.25) is 17.6 Å². The minimum Gasteiger partial charge on any atom is -0.337 e. The highest BCUT2D eigenvalue weighted by Crippen LogP contribution is 2.35. The van der Waals surface area contributed by atoms with Crippen molar-refractivity contribution in [3.63, 3.8) is 0 Å². The number of hydrogen-bond acceptors (Lipinski definition) is 4. The van der Waals surface area contributed by atoms with Gasteiger partial charge < -0.3 is 9.42 Å². The van der Waals surface area contributed by atoms with Gasteiger partial charge in [-0.25, -0.2) is 8.78 Å². The van der Waals surface area contributed by atoms with E-state index in [4.69, 9.17) is 27.7 Å². The third-order valence-electron chi connectivity index (χ3n) is 4.59. The van der Waals surface area contributed by atoms with Gasteiger partial charge in [0, 0.05) is 23.6 Å². The molecule has 0 bridgehead atoms. The highest BCUT2D eigenvalue weighted by atomic mass is 35.5. The summed E-state index contributed by atoms with van der Waals surface area (Å²) in [5.41, 5.74) is 1.03. The smallest absolute Gasteiger partial charge is 0.249 e. The maximum Gasteiger partial charge on any atom is 0.249 e. The van der Waals surface area contributed by atoms with Crippen LogP contribution in [0, 0.1) is 11.6 Å². The number of benzene rings is 2. The maximum absolute atomic E-state index is 13.7. The van der Waals surface area contributed by atoms with E-state index >= 15 is 0 Å². The van der Waals surface area contributed by atoms with Gasteiger partial charge in [-0.3, -0.25) is 4.79 Å². The third kappa shape index (κ3) is 3.59. The van der Waals surface area contributed by atoms with Crippen molar-refractivity contribution in [3.8, 4) is 11.4 Å². The van der Waals surface area contributed by atoms with E-state index in [1.54, 1.807) is 11.0 Å². The minimum atomic E-state index is -0.589. The largest absolute Gasteiger partial charge is 0.337 e. The topological polar surface area (TPSA) is 59.2 Å². The lowest BCUT2D eigenvalue weighted by Gasteiger charge is -2.22. The van der Waals surface area contributed by atoms with Crippen LogP contribution in [0.1, 0.15) is 30.3 Å². The molecule has 5 nitrogen and oxygen atoms in total. The van der Waals surface area contributed by atoms with E-state index in [0.717, 1.165) is 0 Å². The van der Waals surface area contributed by atoms with Crippen LogP contribution in [0.2, 0.25) is 10.0 Å². The van der Waals surface area contributed by atoms with Crippen LogP contribution in [0.4, 0.5) is 8.78 Å². The van der Waals surface area contributed by atoms with Crippen LogP contribution in [-0.4, -0.2) is 20.9 Å². The van der Waals surface area contributed by atoms with Crippen molar-refractivity contribution in [3.05, 3.63) is 69.5 Å². The van der Waals surface area contributed by atoms with Crippen LogP contribution >= 0.6 is 23.2 Å². The van der Waals surface area contributed by atoms with Gasteiger partial charge in [-0.15, -0.1) is 0 Å². The van der Waals surface area contributed by atoms with Crippen LogP contribution in [0.5, 0.6) is 0 Å². The first-order valence-electron chi connectivity index (χ1n) is 8.45. The molecule has 144 valence electrons. The normalized spacial score (nSPS) is 16.8. The number of halogens is 4. The molecule has 1 fully saturated rings. The predicted octanol–water partition coefficient (Wildman–Crippen LogP) is 5.19. The van der Waals surface area contributed by atoms with Crippen molar-refractivity contribution in [1.82, 2.24) is 15.0 Å². The molecule has 2 aromatic carbocycles. The Labute approximate surface area is 168 Å². The summed E-state index contributed by atoms with van der Waals surface area (Å²) in [6.45, 7) is 0.190. The average molecular weight is 424 g/mol. The fourth-order valence-electron chi connectivity index (χ4n) is 3.15. The first-order valence-corrected chi connectivity index (χ1v) is 9.20. The number of hydrogen-bond donors (Lipinski definition) is 0. The van der Waals surface area contributed by atoms with Crippen molar-refractivity contribution in [2.24, 2.45) is 0 Å². The van der Waals surface area contributed by atoms with Gasteiger partial charge in [-0.2, -0.15) is 4.98 Å². The molecule has 2 heterocycles. The summed E-state index contributed by atoms with van der Waals surface area (Å²) in [4.78, 5) is 18.2. The summed E-state index contributed by atoms with van der Waals surface area (Å²) in [5, 5.41) is 4.12. The van der Waals surface area contributed by atoms with E-state index in [1.165, 1.54) is 30.3 Å². The lowest BCUT2D eigenvalue weighted by atomic mass is 10.1. The molecule has 0 radical (unpaired) electrons. The molecule has 1 atom stereocenters. The fraction of sp³-hybridized carbons (Fsp3) is 0.211. The maximum atomic E-state index is 13.7. The van der Waals surface area contributed by atoms with Crippen molar-refractivity contribution in [1.29, 1.82) is 0 Å². The van der Waals surface area contributed by atoms with Crippen LogP contribution in [0.25, 0.3) is 11.4 Å². The highest BCUT2D eigenvalue weighted by Gasteiger charge is 2.36. The molecule has 1 unspecified atom stereocenters. The van der Waals surface area contributed by atoms with Gasteiger partial charge in [0.1, 0.15) is 17.7 Å². The Kier molecular flexibility index (Phi) is 5.03. The Morgan fingerprint density at radius 2 is 1.96 bits per heavy atom. The number of rotatable bonds is 4. The molecule has 4 rings (SSSR count). The molecular weight excluding hydrogens is 411 g/mol. The van der Waals surface area contributed by atoms with Gasteiger partial charge >= 0.3 is 0 Å². The van der Waals surface area contributed by atoms with Crippen LogP contribution in [0.3, 0.4) is 0 Å². The lowest BCUT2D eigenvalue weighted by molar-refractivity contribution is -0.129. The first kappa shape index (κ1) is 18.8. The summed E-state index contributed by atoms with van der Waals surface area (Å²) in [7, 11) is 0. The van der Waals surface area contributed by atoms with Crippen LogP contribution in [-0.2, 0) is 11.3 Å². The molecule has 1 amide bonds. The van der Waals surface area contributed by atoms with E-state index in [-0.39, 0.29) is 34.2 Å². The SMILES string of the molecule is O=C1CCC(c2nc(-c3ccc(Cl)c(F)c3)no2)N1Cc1ccc(F)cc1Cl. The van der Waals surface area contributed by atoms with Gasteiger partial charge in [0.15, 0.2) is 0 Å². The molecular formula is C19H13Cl2F2N3O2. The number of amides is 1. The minimum absolute atomic E-state index is 0.00351. The third-order valence-corrected chi connectivity index (χ3v) is 5.25. The second-order valence-electron chi connectivity index (χ2n) is 6.40. The van der Waals surface area contributed by atoms with E-state index in [2.05, 4.69) is 10.1 Å². The Bertz CT molecular complexity index is 1060. The quantitative estimate of drug-likeness (QED) is 0.579. The molecule has 0 N–H and O–H groups in total. The Hall–Kier alpha value is -2.51. The van der Waals surface area contributed by atoms with Gasteiger partial charge in [-0.05, 0) is 42.3 Å². The number of carbonyl (C=O) groups is 1. The Morgan fingerprint density at radius 1 is 1.14 bits per heavy atom. The zero-order chi connectivity index (χ0) is 19.8. The number of carbonyl (C=O) groups excluding carboxylic acids is 1. The molecule has 0 saturated carbocycles. The lowest BCUT2D eigenvalue weighted by Crippen LogP contribution is -2.27. The van der Waals surface area contributed by atoms with Crippen LogP contribution in [0.15, 0.2) is 40.9 Å². The number of aromatic nitrogens is 2. The van der Waals surface area contributed by atoms with Crippen molar-refractivity contribution >= 4 is 29.1 Å². The molecule has 0 aliphatic carbocycles. The van der Waals surface area contributed by atoms with Crippen LogP contribution < -0.4 is 0 Å². The van der Waals surface area contributed by atoms with Gasteiger partial charge in [0.05, 0.1) is 5.02 Å². The van der Waals surface area contributed by atoms with E-state index in [0.29, 0.717) is 24.0 Å². The summed E-state index contributed by atoms with van der Waals surface area (Å²) in [6, 6.07) is 7.79. The number of nitrogens with zero attached hydrogens (tertiary/aromatic N) is 3. The van der Waals surface area contributed by atoms with E-state index in [1.807, 2.05) is 0 Å². The molecule has 28 heavy (non-hydrogen) atoms. The second kappa shape index (κ2) is 7.48. The standard InChI is InChI=1S/C19H13Cl2F2N3O2/c20-13-4-2-10(7-15(13)23)18-24-19(28-25-18)16-5-6-17(27)26(16)9-11-1-3-12(22)8-14(11)21/h1-4,7-8,16H,5-6,9H2. The zero-order valence-corrected chi connectivity index (χ0v) is 15.8. The molecule has 1 aromatic heterocycles. The van der Waals surface area contributed by atoms with E-state index in [9.17, 15) is 13.6 Å². The Balaban J connectivity index is 1.60. The van der Waals surface area contributed by atoms with Gasteiger partial charge in [-0.1, -0.05) is 34.4 Å². The predicted molar refractivity (Wildman–Crippen MR) is 98.6 cm³/mol. The summed E-state index contributed by atoms with van der Waals surface area (Å²) < 4.78 is 32.3. The first-order chi connectivity index (χ1) is 13.4. The number of likely N-dealkylation sites (tertiary alicyclic amines) is 1. The van der Waals surface area contributed by atoms with Crippen molar-refractivity contribution in [2.45, 2.75) is 25.4 Å². The monoisotopic (exact) mass is 423 g/mol.